The third kappa shape index (κ3) is 6.01. The Kier molecular flexibility index (Phi) is 10.2. The molecule has 0 N–H and O–H groups in total. The fourth-order valence-electron chi connectivity index (χ4n) is 1.68. The Balaban J connectivity index is 0.00000102. The van der Waals surface area contributed by atoms with Crippen molar-refractivity contribution in [3.8, 4) is 11.5 Å². The van der Waals surface area contributed by atoms with Gasteiger partial charge in [-0.25, -0.2) is 0 Å². The minimum Gasteiger partial charge on any atom is -0.457 e. The Morgan fingerprint density at radius 1 is 0.909 bits per heavy atom. The second-order valence-corrected chi connectivity index (χ2v) is 4.15. The van der Waals surface area contributed by atoms with Gasteiger partial charge in [0.15, 0.2) is 0 Å². The summed E-state index contributed by atoms with van der Waals surface area (Å²) in [5.74, 6) is 1.63. The minimum absolute atomic E-state index is 0.814. The average Bonchev–Trinajstić information content (AvgIpc) is 2.59. The number of para-hydroxylation sites is 1. The van der Waals surface area contributed by atoms with Crippen molar-refractivity contribution in [2.45, 2.75) is 34.6 Å². The Morgan fingerprint density at radius 2 is 1.45 bits per heavy atom. The first-order valence-electron chi connectivity index (χ1n) is 7.86. The predicted molar refractivity (Wildman–Crippen MR) is 100 cm³/mol. The lowest BCUT2D eigenvalue weighted by Gasteiger charge is -2.09. The highest BCUT2D eigenvalue weighted by Gasteiger charge is 2.01. The number of allylic oxidation sites excluding steroid dienone is 1. The molecule has 0 fully saturated rings. The predicted octanol–water partition coefficient (Wildman–Crippen LogP) is 7.21. The molecular weight excluding hydrogens is 268 g/mol. The third-order valence-electron chi connectivity index (χ3n) is 2.71. The number of ether oxygens (including phenoxy) is 1. The van der Waals surface area contributed by atoms with Gasteiger partial charge in [-0.3, -0.25) is 0 Å². The Labute approximate surface area is 136 Å². The van der Waals surface area contributed by atoms with Gasteiger partial charge in [-0.2, -0.15) is 0 Å². The summed E-state index contributed by atoms with van der Waals surface area (Å²) in [5, 5.41) is 0. The molecule has 2 aromatic carbocycles. The lowest BCUT2D eigenvalue weighted by molar-refractivity contribution is 0.481. The average molecular weight is 296 g/mol. The maximum absolute atomic E-state index is 5.83. The molecule has 22 heavy (non-hydrogen) atoms. The molecule has 1 heteroatoms. The molecule has 0 aromatic heterocycles. The number of hydrogen-bond acceptors (Lipinski definition) is 1. The summed E-state index contributed by atoms with van der Waals surface area (Å²) in [6, 6.07) is 15.7. The lowest BCUT2D eigenvalue weighted by atomic mass is 10.1. The van der Waals surface area contributed by atoms with E-state index in [9.17, 15) is 0 Å². The molecule has 0 saturated heterocycles. The molecule has 0 radical (unpaired) electrons. The third-order valence-corrected chi connectivity index (χ3v) is 2.71. The van der Waals surface area contributed by atoms with Crippen LogP contribution >= 0.6 is 0 Å². The monoisotopic (exact) mass is 296 g/mol. The van der Waals surface area contributed by atoms with Gasteiger partial charge in [0, 0.05) is 5.56 Å². The van der Waals surface area contributed by atoms with Crippen LogP contribution in [0.4, 0.5) is 0 Å². The van der Waals surface area contributed by atoms with Gasteiger partial charge in [-0.15, -0.1) is 0 Å². The van der Waals surface area contributed by atoms with Gasteiger partial charge in [-0.1, -0.05) is 82.8 Å². The first-order valence-corrected chi connectivity index (χ1v) is 7.86. The molecule has 0 atom stereocenters. The molecule has 118 valence electrons. The minimum atomic E-state index is 0.814. The van der Waals surface area contributed by atoms with Crippen molar-refractivity contribution in [3.05, 3.63) is 72.8 Å². The van der Waals surface area contributed by atoms with E-state index in [2.05, 4.69) is 13.2 Å². The van der Waals surface area contributed by atoms with E-state index in [0.717, 1.165) is 28.2 Å². The topological polar surface area (TPSA) is 9.23 Å². The zero-order valence-corrected chi connectivity index (χ0v) is 14.5. The van der Waals surface area contributed by atoms with E-state index in [0.29, 0.717) is 0 Å². The van der Waals surface area contributed by atoms with E-state index in [1.807, 2.05) is 83.1 Å². The van der Waals surface area contributed by atoms with E-state index >= 15 is 0 Å². The van der Waals surface area contributed by atoms with Gasteiger partial charge < -0.3 is 4.74 Å². The molecule has 1 nitrogen and oxygen atoms in total. The summed E-state index contributed by atoms with van der Waals surface area (Å²) >= 11 is 0. The molecule has 0 spiro atoms. The molecule has 2 aromatic rings. The van der Waals surface area contributed by atoms with Gasteiger partial charge >= 0.3 is 0 Å². The van der Waals surface area contributed by atoms with Crippen LogP contribution in [0.25, 0.3) is 11.6 Å². The quantitative estimate of drug-likeness (QED) is 0.579. The number of rotatable bonds is 4. The molecule has 0 amide bonds. The standard InChI is InChI=1S/C17H16O.2C2H6/c1-4-14-7-5-6-8-17(14)18-16-11-9-15(10-12-16)13(2)3;2*1-2/h4-12H,1-2H2,3H3;2*1-2H3. The molecule has 0 aliphatic carbocycles. The Bertz CT molecular complexity index is 565. The Morgan fingerprint density at radius 3 is 1.95 bits per heavy atom. The first-order chi connectivity index (χ1) is 10.7. The van der Waals surface area contributed by atoms with Gasteiger partial charge in [0.1, 0.15) is 11.5 Å². The molecule has 2 rings (SSSR count). The first kappa shape index (κ1) is 19.7. The second-order valence-electron chi connectivity index (χ2n) is 4.15. The molecule has 0 aliphatic heterocycles. The summed E-state index contributed by atoms with van der Waals surface area (Å²) in [5.41, 5.74) is 3.16. The Hall–Kier alpha value is -2.28. The van der Waals surface area contributed by atoms with Crippen LogP contribution in [-0.2, 0) is 0 Å². The fraction of sp³-hybridized carbons (Fsp3) is 0.238. The summed E-state index contributed by atoms with van der Waals surface area (Å²) in [6.45, 7) is 17.7. The molecule has 0 unspecified atom stereocenters. The van der Waals surface area contributed by atoms with Crippen LogP contribution in [-0.4, -0.2) is 0 Å². The van der Waals surface area contributed by atoms with Crippen LogP contribution in [0, 0.1) is 0 Å². The molecular formula is C21H28O. The molecule has 0 heterocycles. The maximum Gasteiger partial charge on any atom is 0.134 e. The van der Waals surface area contributed by atoms with Crippen molar-refractivity contribution in [1.82, 2.24) is 0 Å². The molecule has 0 aliphatic rings. The van der Waals surface area contributed by atoms with Crippen LogP contribution in [0.2, 0.25) is 0 Å². The van der Waals surface area contributed by atoms with Gasteiger partial charge in [0.05, 0.1) is 0 Å². The lowest BCUT2D eigenvalue weighted by Crippen LogP contribution is -1.87. The summed E-state index contributed by atoms with van der Waals surface area (Å²) in [6.07, 6.45) is 1.79. The van der Waals surface area contributed by atoms with E-state index in [1.165, 1.54) is 0 Å². The normalized spacial score (nSPS) is 8.59. The summed E-state index contributed by atoms with van der Waals surface area (Å²) < 4.78 is 5.83. The maximum atomic E-state index is 5.83. The van der Waals surface area contributed by atoms with Crippen molar-refractivity contribution in [2.75, 3.05) is 0 Å². The zero-order chi connectivity index (χ0) is 17.0. The van der Waals surface area contributed by atoms with Crippen molar-refractivity contribution in [1.29, 1.82) is 0 Å². The van der Waals surface area contributed by atoms with Crippen molar-refractivity contribution in [3.63, 3.8) is 0 Å². The van der Waals surface area contributed by atoms with Crippen LogP contribution in [0.1, 0.15) is 45.7 Å². The number of benzene rings is 2. The van der Waals surface area contributed by atoms with Crippen LogP contribution in [0.15, 0.2) is 61.7 Å². The second kappa shape index (κ2) is 11.4. The molecule has 0 saturated carbocycles. The van der Waals surface area contributed by atoms with E-state index in [-0.39, 0.29) is 0 Å². The van der Waals surface area contributed by atoms with E-state index in [1.54, 1.807) is 6.08 Å². The number of hydrogen-bond donors (Lipinski definition) is 0. The van der Waals surface area contributed by atoms with Crippen molar-refractivity contribution < 1.29 is 4.74 Å². The highest BCUT2D eigenvalue weighted by Crippen LogP contribution is 2.26. The highest BCUT2D eigenvalue weighted by molar-refractivity contribution is 5.62. The van der Waals surface area contributed by atoms with Gasteiger partial charge in [0.25, 0.3) is 0 Å². The smallest absolute Gasteiger partial charge is 0.134 e. The van der Waals surface area contributed by atoms with Crippen molar-refractivity contribution >= 4 is 11.6 Å². The van der Waals surface area contributed by atoms with E-state index < -0.39 is 0 Å². The highest BCUT2D eigenvalue weighted by atomic mass is 16.5. The van der Waals surface area contributed by atoms with Crippen molar-refractivity contribution in [2.24, 2.45) is 0 Å². The van der Waals surface area contributed by atoms with Gasteiger partial charge in [0.2, 0.25) is 0 Å². The van der Waals surface area contributed by atoms with Crippen LogP contribution < -0.4 is 4.74 Å². The van der Waals surface area contributed by atoms with Crippen LogP contribution in [0.3, 0.4) is 0 Å². The largest absolute Gasteiger partial charge is 0.457 e. The fourth-order valence-corrected chi connectivity index (χ4v) is 1.68. The zero-order valence-electron chi connectivity index (χ0n) is 14.5. The summed E-state index contributed by atoms with van der Waals surface area (Å²) in [7, 11) is 0. The van der Waals surface area contributed by atoms with Gasteiger partial charge in [-0.05, 0) is 30.7 Å². The SMILES string of the molecule is C=Cc1ccccc1Oc1ccc(C(=C)C)cc1.CC.CC. The van der Waals surface area contributed by atoms with Crippen LogP contribution in [0.5, 0.6) is 11.5 Å². The summed E-state index contributed by atoms with van der Waals surface area (Å²) in [4.78, 5) is 0. The molecule has 0 bridgehead atoms. The van der Waals surface area contributed by atoms with E-state index in [4.69, 9.17) is 4.74 Å².